The molecule has 1 heterocycles. The summed E-state index contributed by atoms with van der Waals surface area (Å²) in [5, 5.41) is 3.88. The minimum atomic E-state index is 0.137. The number of nitrogen functional groups attached to an aromatic ring is 1. The number of hydrogen-bond donors (Lipinski definition) is 1. The number of nitrogens with two attached hydrogens (primary N) is 1. The Bertz CT molecular complexity index is 494. The molecular weight excluding hydrogens is 218 g/mol. The molecule has 0 unspecified atom stereocenters. The van der Waals surface area contributed by atoms with Crippen LogP contribution in [-0.2, 0) is 11.3 Å². The van der Waals surface area contributed by atoms with Gasteiger partial charge in [0.15, 0.2) is 0 Å². The minimum absolute atomic E-state index is 0.137. The Morgan fingerprint density at radius 1 is 1.41 bits per heavy atom. The molecule has 0 aliphatic rings. The third-order valence-electron chi connectivity index (χ3n) is 2.15. The molecule has 0 fully saturated rings. The van der Waals surface area contributed by atoms with Gasteiger partial charge in [0.05, 0.1) is 6.10 Å². The number of ether oxygens (including phenoxy) is 1. The highest BCUT2D eigenvalue weighted by Crippen LogP contribution is 2.18. The predicted octanol–water partition coefficient (Wildman–Crippen LogP) is 2.24. The van der Waals surface area contributed by atoms with Crippen molar-refractivity contribution in [2.75, 3.05) is 5.73 Å². The van der Waals surface area contributed by atoms with Crippen molar-refractivity contribution in [1.29, 1.82) is 0 Å². The number of anilines is 1. The molecule has 0 amide bonds. The van der Waals surface area contributed by atoms with Gasteiger partial charge in [0, 0.05) is 11.3 Å². The van der Waals surface area contributed by atoms with Crippen LogP contribution in [0.5, 0.6) is 0 Å². The summed E-state index contributed by atoms with van der Waals surface area (Å²) in [4.78, 5) is 4.24. The fourth-order valence-corrected chi connectivity index (χ4v) is 1.35. The molecule has 0 spiro atoms. The van der Waals surface area contributed by atoms with Crippen molar-refractivity contribution in [3.8, 4) is 11.4 Å². The van der Waals surface area contributed by atoms with Crippen molar-refractivity contribution in [3.05, 3.63) is 30.2 Å². The van der Waals surface area contributed by atoms with Gasteiger partial charge in [-0.15, -0.1) is 0 Å². The van der Waals surface area contributed by atoms with E-state index in [2.05, 4.69) is 10.1 Å². The Balaban J connectivity index is 2.12. The third-order valence-corrected chi connectivity index (χ3v) is 2.15. The molecule has 0 aliphatic carbocycles. The van der Waals surface area contributed by atoms with Gasteiger partial charge < -0.3 is 15.0 Å². The summed E-state index contributed by atoms with van der Waals surface area (Å²) in [6.45, 7) is 4.23. The maximum Gasteiger partial charge on any atom is 0.252 e. The largest absolute Gasteiger partial charge is 0.399 e. The average Bonchev–Trinajstić information content (AvgIpc) is 2.75. The van der Waals surface area contributed by atoms with Gasteiger partial charge in [-0.2, -0.15) is 4.98 Å². The van der Waals surface area contributed by atoms with Gasteiger partial charge in [0.1, 0.15) is 6.61 Å². The summed E-state index contributed by atoms with van der Waals surface area (Å²) in [5.74, 6) is 0.996. The van der Waals surface area contributed by atoms with Crippen LogP contribution in [0.4, 0.5) is 5.69 Å². The molecular formula is C12H15N3O2. The number of rotatable bonds is 4. The molecule has 5 nitrogen and oxygen atoms in total. The third kappa shape index (κ3) is 3.04. The standard InChI is InChI=1S/C12H15N3O2/c1-8(2)16-7-11-14-12(15-17-11)9-4-3-5-10(13)6-9/h3-6,8H,7,13H2,1-2H3. The van der Waals surface area contributed by atoms with Gasteiger partial charge in [-0.25, -0.2) is 0 Å². The highest BCUT2D eigenvalue weighted by atomic mass is 16.5. The van der Waals surface area contributed by atoms with Gasteiger partial charge in [-0.05, 0) is 26.0 Å². The molecule has 2 N–H and O–H groups in total. The zero-order valence-electron chi connectivity index (χ0n) is 9.88. The van der Waals surface area contributed by atoms with Crippen molar-refractivity contribution >= 4 is 5.69 Å². The van der Waals surface area contributed by atoms with Crippen molar-refractivity contribution < 1.29 is 9.26 Å². The van der Waals surface area contributed by atoms with Crippen LogP contribution in [0, 0.1) is 0 Å². The van der Waals surface area contributed by atoms with E-state index in [0.717, 1.165) is 5.56 Å². The maximum atomic E-state index is 5.69. The lowest BCUT2D eigenvalue weighted by Gasteiger charge is -2.02. The second kappa shape index (κ2) is 4.97. The maximum absolute atomic E-state index is 5.69. The summed E-state index contributed by atoms with van der Waals surface area (Å²) >= 11 is 0. The number of hydrogen-bond acceptors (Lipinski definition) is 5. The fraction of sp³-hybridized carbons (Fsp3) is 0.333. The first-order chi connectivity index (χ1) is 8.15. The Morgan fingerprint density at radius 2 is 2.24 bits per heavy atom. The topological polar surface area (TPSA) is 74.2 Å². The van der Waals surface area contributed by atoms with Gasteiger partial charge in [0.2, 0.25) is 5.82 Å². The van der Waals surface area contributed by atoms with Crippen LogP contribution in [0.2, 0.25) is 0 Å². The van der Waals surface area contributed by atoms with E-state index in [1.54, 1.807) is 6.07 Å². The van der Waals surface area contributed by atoms with Crippen molar-refractivity contribution in [1.82, 2.24) is 10.1 Å². The predicted molar refractivity (Wildman–Crippen MR) is 64.1 cm³/mol. The van der Waals surface area contributed by atoms with Gasteiger partial charge in [-0.3, -0.25) is 0 Å². The first kappa shape index (κ1) is 11.6. The van der Waals surface area contributed by atoms with Crippen LogP contribution in [0.15, 0.2) is 28.8 Å². The normalized spacial score (nSPS) is 11.0. The van der Waals surface area contributed by atoms with E-state index in [0.29, 0.717) is 24.0 Å². The van der Waals surface area contributed by atoms with E-state index in [4.69, 9.17) is 15.0 Å². The number of benzene rings is 1. The Kier molecular flexibility index (Phi) is 3.39. The molecule has 5 heteroatoms. The highest BCUT2D eigenvalue weighted by Gasteiger charge is 2.09. The SMILES string of the molecule is CC(C)OCc1nc(-c2cccc(N)c2)no1. The summed E-state index contributed by atoms with van der Waals surface area (Å²) < 4.78 is 10.5. The van der Waals surface area contributed by atoms with Crippen LogP contribution >= 0.6 is 0 Å². The van der Waals surface area contributed by atoms with Crippen LogP contribution in [0.3, 0.4) is 0 Å². The summed E-state index contributed by atoms with van der Waals surface area (Å²) in [6.07, 6.45) is 0.137. The zero-order chi connectivity index (χ0) is 12.3. The van der Waals surface area contributed by atoms with Crippen LogP contribution < -0.4 is 5.73 Å². The molecule has 0 radical (unpaired) electrons. The molecule has 0 saturated carbocycles. The van der Waals surface area contributed by atoms with Crippen LogP contribution in [0.25, 0.3) is 11.4 Å². The molecule has 90 valence electrons. The summed E-state index contributed by atoms with van der Waals surface area (Å²) in [5.41, 5.74) is 7.20. The number of nitrogens with zero attached hydrogens (tertiary/aromatic N) is 2. The average molecular weight is 233 g/mol. The van der Waals surface area contributed by atoms with E-state index in [1.807, 2.05) is 32.0 Å². The van der Waals surface area contributed by atoms with Crippen molar-refractivity contribution in [3.63, 3.8) is 0 Å². The lowest BCUT2D eigenvalue weighted by molar-refractivity contribution is 0.0485. The molecule has 0 atom stereocenters. The monoisotopic (exact) mass is 233 g/mol. The second-order valence-corrected chi connectivity index (χ2v) is 4.00. The van der Waals surface area contributed by atoms with Gasteiger partial charge in [-0.1, -0.05) is 17.3 Å². The summed E-state index contributed by atoms with van der Waals surface area (Å²) in [6, 6.07) is 7.35. The molecule has 1 aromatic carbocycles. The molecule has 1 aromatic heterocycles. The number of aromatic nitrogens is 2. The minimum Gasteiger partial charge on any atom is -0.399 e. The van der Waals surface area contributed by atoms with Gasteiger partial charge in [0.25, 0.3) is 5.89 Å². The summed E-state index contributed by atoms with van der Waals surface area (Å²) in [7, 11) is 0. The fourth-order valence-electron chi connectivity index (χ4n) is 1.35. The van der Waals surface area contributed by atoms with Crippen molar-refractivity contribution in [2.24, 2.45) is 0 Å². The van der Waals surface area contributed by atoms with Gasteiger partial charge >= 0.3 is 0 Å². The zero-order valence-corrected chi connectivity index (χ0v) is 9.88. The van der Waals surface area contributed by atoms with E-state index in [1.165, 1.54) is 0 Å². The molecule has 0 bridgehead atoms. The molecule has 0 saturated heterocycles. The highest BCUT2D eigenvalue weighted by molar-refractivity contribution is 5.60. The smallest absolute Gasteiger partial charge is 0.252 e. The Hall–Kier alpha value is -1.88. The quantitative estimate of drug-likeness (QED) is 0.820. The van der Waals surface area contributed by atoms with E-state index < -0.39 is 0 Å². The molecule has 2 aromatic rings. The first-order valence-corrected chi connectivity index (χ1v) is 5.45. The van der Waals surface area contributed by atoms with E-state index in [9.17, 15) is 0 Å². The first-order valence-electron chi connectivity index (χ1n) is 5.45. The Morgan fingerprint density at radius 3 is 2.94 bits per heavy atom. The van der Waals surface area contributed by atoms with Crippen molar-refractivity contribution in [2.45, 2.75) is 26.6 Å². The van der Waals surface area contributed by atoms with Crippen LogP contribution in [0.1, 0.15) is 19.7 Å². The Labute approximate surface area is 99.6 Å². The molecule has 17 heavy (non-hydrogen) atoms. The van der Waals surface area contributed by atoms with E-state index >= 15 is 0 Å². The van der Waals surface area contributed by atoms with Crippen LogP contribution in [-0.4, -0.2) is 16.2 Å². The lowest BCUT2D eigenvalue weighted by atomic mass is 10.2. The lowest BCUT2D eigenvalue weighted by Crippen LogP contribution is -2.02. The second-order valence-electron chi connectivity index (χ2n) is 4.00. The molecule has 2 rings (SSSR count). The van der Waals surface area contributed by atoms with E-state index in [-0.39, 0.29) is 6.10 Å². The molecule has 0 aliphatic heterocycles.